The summed E-state index contributed by atoms with van der Waals surface area (Å²) in [5.41, 5.74) is -0.294. The van der Waals surface area contributed by atoms with Crippen molar-refractivity contribution in [2.75, 3.05) is 53.0 Å². The smallest absolute Gasteiger partial charge is 0.231 e. The minimum atomic E-state index is -0.294. The summed E-state index contributed by atoms with van der Waals surface area (Å²) in [6.45, 7) is 10.7. The topological polar surface area (TPSA) is 44.8 Å². The summed E-state index contributed by atoms with van der Waals surface area (Å²) in [7, 11) is 1.71. The van der Waals surface area contributed by atoms with Crippen molar-refractivity contribution in [2.24, 2.45) is 5.41 Å². The van der Waals surface area contributed by atoms with Crippen LogP contribution in [0, 0.1) is 5.41 Å². The number of nitrogens with one attached hydrogen (secondary N) is 1. The van der Waals surface area contributed by atoms with Crippen LogP contribution in [0.25, 0.3) is 0 Å². The van der Waals surface area contributed by atoms with Gasteiger partial charge in [0, 0.05) is 26.2 Å². The summed E-state index contributed by atoms with van der Waals surface area (Å²) >= 11 is 0. The Labute approximate surface area is 153 Å². The molecule has 7 heteroatoms. The summed E-state index contributed by atoms with van der Waals surface area (Å²) in [5, 5.41) is 3.35. The molecule has 2 saturated heterocycles. The van der Waals surface area contributed by atoms with Crippen molar-refractivity contribution in [3.8, 4) is 0 Å². The molecular weight excluding hydrogens is 337 g/mol. The van der Waals surface area contributed by atoms with Crippen LogP contribution in [0.3, 0.4) is 0 Å². The first-order valence-electron chi connectivity index (χ1n) is 8.40. The van der Waals surface area contributed by atoms with Crippen molar-refractivity contribution in [2.45, 2.75) is 39.2 Å². The fourth-order valence-electron chi connectivity index (χ4n) is 3.90. The Bertz CT molecular complexity index is 343. The minimum Gasteiger partial charge on any atom is -0.384 e. The summed E-state index contributed by atoms with van der Waals surface area (Å²) in [6, 6.07) is 0.533. The van der Waals surface area contributed by atoms with E-state index in [2.05, 4.69) is 29.0 Å². The van der Waals surface area contributed by atoms with Gasteiger partial charge in [-0.15, -0.1) is 24.8 Å². The van der Waals surface area contributed by atoms with Crippen molar-refractivity contribution in [3.05, 3.63) is 0 Å². The number of piperidine rings is 1. The zero-order chi connectivity index (χ0) is 15.3. The molecule has 0 aromatic carbocycles. The van der Waals surface area contributed by atoms with E-state index in [1.54, 1.807) is 7.11 Å². The number of halogens is 2. The quantitative estimate of drug-likeness (QED) is 0.774. The van der Waals surface area contributed by atoms with Crippen LogP contribution >= 0.6 is 24.8 Å². The van der Waals surface area contributed by atoms with Crippen LogP contribution in [0.5, 0.6) is 0 Å². The number of hydrogen-bond donors (Lipinski definition) is 1. The van der Waals surface area contributed by atoms with Gasteiger partial charge in [-0.3, -0.25) is 9.69 Å². The number of rotatable bonds is 6. The summed E-state index contributed by atoms with van der Waals surface area (Å²) < 4.78 is 5.40. The first-order chi connectivity index (χ1) is 10.2. The van der Waals surface area contributed by atoms with E-state index in [1.807, 2.05) is 0 Å². The van der Waals surface area contributed by atoms with Crippen LogP contribution in [-0.2, 0) is 9.53 Å². The van der Waals surface area contributed by atoms with Crippen molar-refractivity contribution in [1.82, 2.24) is 15.1 Å². The fourth-order valence-corrected chi connectivity index (χ4v) is 3.90. The SMILES string of the molecule is CCN(CC)C1CCN(C(=O)C2(COC)CCNCC2)C1.Cl.Cl. The van der Waals surface area contributed by atoms with Gasteiger partial charge >= 0.3 is 0 Å². The number of likely N-dealkylation sites (N-methyl/N-ethyl adjacent to an activating group) is 1. The third-order valence-corrected chi connectivity index (χ3v) is 5.21. The van der Waals surface area contributed by atoms with Crippen LogP contribution in [0.1, 0.15) is 33.1 Å². The molecule has 0 saturated carbocycles. The molecule has 23 heavy (non-hydrogen) atoms. The van der Waals surface area contributed by atoms with Crippen LogP contribution in [0.4, 0.5) is 0 Å². The van der Waals surface area contributed by atoms with Gasteiger partial charge in [0.15, 0.2) is 0 Å². The molecule has 2 heterocycles. The van der Waals surface area contributed by atoms with Crippen molar-refractivity contribution in [3.63, 3.8) is 0 Å². The molecular formula is C16H33Cl2N3O2. The summed E-state index contributed by atoms with van der Waals surface area (Å²) in [6.07, 6.45) is 2.90. The Hall–Kier alpha value is -0.0700. The molecule has 1 unspecified atom stereocenters. The first-order valence-corrected chi connectivity index (χ1v) is 8.40. The highest BCUT2D eigenvalue weighted by Gasteiger charge is 2.44. The highest BCUT2D eigenvalue weighted by atomic mass is 35.5. The number of nitrogens with zero attached hydrogens (tertiary/aromatic N) is 2. The second-order valence-electron chi connectivity index (χ2n) is 6.38. The van der Waals surface area contributed by atoms with Crippen LogP contribution in [-0.4, -0.2) is 74.7 Å². The largest absolute Gasteiger partial charge is 0.384 e. The molecule has 2 rings (SSSR count). The number of methoxy groups -OCH3 is 1. The maximum atomic E-state index is 13.1. The Balaban J connectivity index is 0.00000242. The summed E-state index contributed by atoms with van der Waals surface area (Å²) in [5.74, 6) is 0.320. The maximum absolute atomic E-state index is 13.1. The lowest BCUT2D eigenvalue weighted by Gasteiger charge is -2.38. The third kappa shape index (κ3) is 5.20. The highest BCUT2D eigenvalue weighted by Crippen LogP contribution is 2.33. The van der Waals surface area contributed by atoms with E-state index in [0.717, 1.165) is 58.5 Å². The van der Waals surface area contributed by atoms with Gasteiger partial charge in [-0.05, 0) is 45.4 Å². The molecule has 0 aromatic heterocycles. The van der Waals surface area contributed by atoms with Gasteiger partial charge in [-0.2, -0.15) is 0 Å². The molecule has 138 valence electrons. The van der Waals surface area contributed by atoms with Gasteiger partial charge in [0.1, 0.15) is 0 Å². The maximum Gasteiger partial charge on any atom is 0.231 e. The normalized spacial score (nSPS) is 23.3. The molecule has 2 aliphatic heterocycles. The van der Waals surface area contributed by atoms with E-state index < -0.39 is 0 Å². The zero-order valence-electron chi connectivity index (χ0n) is 14.7. The van der Waals surface area contributed by atoms with Crippen LogP contribution in [0.15, 0.2) is 0 Å². The Morgan fingerprint density at radius 2 is 1.87 bits per heavy atom. The number of carbonyl (C=O) groups is 1. The second kappa shape index (κ2) is 10.7. The number of likely N-dealkylation sites (tertiary alicyclic amines) is 1. The monoisotopic (exact) mass is 369 g/mol. The fraction of sp³-hybridized carbons (Fsp3) is 0.938. The average Bonchev–Trinajstić information content (AvgIpc) is 2.99. The lowest BCUT2D eigenvalue weighted by molar-refractivity contribution is -0.146. The van der Waals surface area contributed by atoms with E-state index in [9.17, 15) is 4.79 Å². The van der Waals surface area contributed by atoms with Crippen molar-refractivity contribution >= 4 is 30.7 Å². The summed E-state index contributed by atoms with van der Waals surface area (Å²) in [4.78, 5) is 17.6. The molecule has 1 atom stereocenters. The van der Waals surface area contributed by atoms with E-state index in [-0.39, 0.29) is 30.2 Å². The number of hydrogen-bond acceptors (Lipinski definition) is 4. The van der Waals surface area contributed by atoms with Crippen molar-refractivity contribution < 1.29 is 9.53 Å². The Morgan fingerprint density at radius 1 is 1.26 bits per heavy atom. The minimum absolute atomic E-state index is 0. The lowest BCUT2D eigenvalue weighted by atomic mass is 9.78. The predicted molar refractivity (Wildman–Crippen MR) is 98.8 cm³/mol. The molecule has 5 nitrogen and oxygen atoms in total. The van der Waals surface area contributed by atoms with Crippen LogP contribution in [0.2, 0.25) is 0 Å². The van der Waals surface area contributed by atoms with Gasteiger partial charge in [0.2, 0.25) is 5.91 Å². The molecule has 2 fully saturated rings. The van der Waals surface area contributed by atoms with Crippen LogP contribution < -0.4 is 5.32 Å². The van der Waals surface area contributed by atoms with E-state index in [0.29, 0.717) is 18.6 Å². The number of ether oxygens (including phenoxy) is 1. The zero-order valence-corrected chi connectivity index (χ0v) is 16.3. The van der Waals surface area contributed by atoms with Crippen molar-refractivity contribution in [1.29, 1.82) is 0 Å². The molecule has 0 spiro atoms. The lowest BCUT2D eigenvalue weighted by Crippen LogP contribution is -2.51. The molecule has 0 bridgehead atoms. The Morgan fingerprint density at radius 3 is 2.39 bits per heavy atom. The van der Waals surface area contributed by atoms with Gasteiger partial charge < -0.3 is 15.0 Å². The highest BCUT2D eigenvalue weighted by molar-refractivity contribution is 5.85. The van der Waals surface area contributed by atoms with Gasteiger partial charge in [0.25, 0.3) is 0 Å². The standard InChI is InChI=1S/C16H31N3O2.2ClH/c1-4-18(5-2)14-6-11-19(12-14)15(20)16(13-21-3)7-9-17-10-8-16;;/h14,17H,4-13H2,1-3H3;2*1H. The second-order valence-corrected chi connectivity index (χ2v) is 6.38. The van der Waals surface area contributed by atoms with E-state index in [1.165, 1.54) is 0 Å². The Kier molecular flexibility index (Phi) is 10.7. The number of carbonyl (C=O) groups excluding carboxylic acids is 1. The average molecular weight is 370 g/mol. The van der Waals surface area contributed by atoms with E-state index in [4.69, 9.17) is 4.74 Å². The van der Waals surface area contributed by atoms with Gasteiger partial charge in [-0.25, -0.2) is 0 Å². The molecule has 1 amide bonds. The predicted octanol–water partition coefficient (Wildman–Crippen LogP) is 1.79. The first kappa shape index (κ1) is 22.9. The molecule has 0 aromatic rings. The van der Waals surface area contributed by atoms with E-state index >= 15 is 0 Å². The van der Waals surface area contributed by atoms with Gasteiger partial charge in [-0.1, -0.05) is 13.8 Å². The number of amides is 1. The van der Waals surface area contributed by atoms with Gasteiger partial charge in [0.05, 0.1) is 12.0 Å². The molecule has 2 aliphatic rings. The third-order valence-electron chi connectivity index (χ3n) is 5.21. The molecule has 1 N–H and O–H groups in total. The molecule has 0 radical (unpaired) electrons. The molecule has 0 aliphatic carbocycles.